The fourth-order valence-electron chi connectivity index (χ4n) is 1.99. The number of carbonyl (C=O) groups excluding carboxylic acids is 1. The summed E-state index contributed by atoms with van der Waals surface area (Å²) in [5, 5.41) is 8.77. The van der Waals surface area contributed by atoms with Crippen LogP contribution in [0.5, 0.6) is 5.75 Å². The third kappa shape index (κ3) is 6.11. The highest BCUT2D eigenvalue weighted by Gasteiger charge is 2.23. The molecule has 22 heavy (non-hydrogen) atoms. The van der Waals surface area contributed by atoms with Gasteiger partial charge in [-0.1, -0.05) is 13.8 Å². The summed E-state index contributed by atoms with van der Waals surface area (Å²) in [4.78, 5) is 24.6. The van der Waals surface area contributed by atoms with Gasteiger partial charge in [-0.2, -0.15) is 0 Å². The van der Waals surface area contributed by atoms with Crippen LogP contribution in [-0.4, -0.2) is 41.1 Å². The lowest BCUT2D eigenvalue weighted by molar-refractivity contribution is -0.141. The van der Waals surface area contributed by atoms with Gasteiger partial charge in [-0.25, -0.2) is 4.39 Å². The Morgan fingerprint density at radius 1 is 1.23 bits per heavy atom. The van der Waals surface area contributed by atoms with Gasteiger partial charge in [-0.3, -0.25) is 9.59 Å². The summed E-state index contributed by atoms with van der Waals surface area (Å²) in [5.74, 6) is -0.997. The van der Waals surface area contributed by atoms with Gasteiger partial charge in [0.05, 0.1) is 6.42 Å². The predicted octanol–water partition coefficient (Wildman–Crippen LogP) is 2.55. The summed E-state index contributed by atoms with van der Waals surface area (Å²) >= 11 is 0. The van der Waals surface area contributed by atoms with Crippen LogP contribution in [0.1, 0.15) is 27.2 Å². The second-order valence-corrected chi connectivity index (χ2v) is 5.54. The minimum atomic E-state index is -0.950. The fourth-order valence-corrected chi connectivity index (χ4v) is 1.99. The second-order valence-electron chi connectivity index (χ2n) is 5.54. The highest BCUT2D eigenvalue weighted by atomic mass is 19.1. The van der Waals surface area contributed by atoms with Crippen molar-refractivity contribution in [1.82, 2.24) is 4.90 Å². The van der Waals surface area contributed by atoms with Crippen LogP contribution in [0.4, 0.5) is 4.39 Å². The third-order valence-electron chi connectivity index (χ3n) is 2.97. The summed E-state index contributed by atoms with van der Waals surface area (Å²) in [5.41, 5.74) is 0. The van der Waals surface area contributed by atoms with Crippen molar-refractivity contribution in [3.8, 4) is 5.75 Å². The van der Waals surface area contributed by atoms with Gasteiger partial charge in [-0.05, 0) is 37.1 Å². The number of aliphatic carboxylic acids is 1. The fraction of sp³-hybridized carbons (Fsp3) is 0.500. The first-order chi connectivity index (χ1) is 10.3. The van der Waals surface area contributed by atoms with E-state index in [4.69, 9.17) is 9.84 Å². The van der Waals surface area contributed by atoms with Crippen LogP contribution in [0.2, 0.25) is 0 Å². The molecule has 1 atom stereocenters. The molecule has 0 aromatic heterocycles. The number of hydrogen-bond donors (Lipinski definition) is 1. The lowest BCUT2D eigenvalue weighted by atomic mass is 10.2. The molecule has 0 saturated heterocycles. The van der Waals surface area contributed by atoms with E-state index in [1.165, 1.54) is 29.2 Å². The smallest absolute Gasteiger partial charge is 0.305 e. The first-order valence-electron chi connectivity index (χ1n) is 7.22. The Labute approximate surface area is 129 Å². The van der Waals surface area contributed by atoms with Gasteiger partial charge in [0.1, 0.15) is 11.6 Å². The molecule has 1 aromatic carbocycles. The normalized spacial score (nSPS) is 12.0. The Bertz CT molecular complexity index is 501. The number of amides is 1. The van der Waals surface area contributed by atoms with E-state index in [1.54, 1.807) is 6.92 Å². The number of halogens is 1. The maximum absolute atomic E-state index is 12.8. The van der Waals surface area contributed by atoms with Crippen molar-refractivity contribution in [2.75, 3.05) is 13.1 Å². The molecule has 1 N–H and O–H groups in total. The van der Waals surface area contributed by atoms with E-state index in [2.05, 4.69) is 0 Å². The average molecular weight is 311 g/mol. The van der Waals surface area contributed by atoms with E-state index in [1.807, 2.05) is 13.8 Å². The molecule has 0 aliphatic carbocycles. The van der Waals surface area contributed by atoms with Gasteiger partial charge in [0.15, 0.2) is 6.10 Å². The van der Waals surface area contributed by atoms with E-state index in [0.29, 0.717) is 12.3 Å². The second kappa shape index (κ2) is 8.36. The quantitative estimate of drug-likeness (QED) is 0.801. The molecular formula is C16H22FNO4. The molecule has 5 nitrogen and oxygen atoms in total. The van der Waals surface area contributed by atoms with Gasteiger partial charge >= 0.3 is 5.97 Å². The highest BCUT2D eigenvalue weighted by Crippen LogP contribution is 2.14. The molecule has 1 rings (SSSR count). The van der Waals surface area contributed by atoms with E-state index in [-0.39, 0.29) is 30.6 Å². The van der Waals surface area contributed by atoms with Crippen LogP contribution in [0.3, 0.4) is 0 Å². The summed E-state index contributed by atoms with van der Waals surface area (Å²) in [6, 6.07) is 5.40. The molecular weight excluding hydrogens is 289 g/mol. The minimum absolute atomic E-state index is 0.109. The molecule has 0 heterocycles. The van der Waals surface area contributed by atoms with Gasteiger partial charge < -0.3 is 14.7 Å². The number of hydrogen-bond acceptors (Lipinski definition) is 3. The molecule has 0 fully saturated rings. The van der Waals surface area contributed by atoms with Crippen molar-refractivity contribution >= 4 is 11.9 Å². The summed E-state index contributed by atoms with van der Waals surface area (Å²) in [7, 11) is 0. The van der Waals surface area contributed by atoms with E-state index >= 15 is 0 Å². The van der Waals surface area contributed by atoms with Crippen LogP contribution in [0.15, 0.2) is 24.3 Å². The molecule has 6 heteroatoms. The third-order valence-corrected chi connectivity index (χ3v) is 2.97. The molecule has 1 amide bonds. The number of benzene rings is 1. The SMILES string of the molecule is CC(C)CN(CCC(=O)O)C(=O)C(C)Oc1ccc(F)cc1. The molecule has 0 aliphatic rings. The predicted molar refractivity (Wildman–Crippen MR) is 80.2 cm³/mol. The zero-order valence-electron chi connectivity index (χ0n) is 13.1. The molecule has 1 unspecified atom stereocenters. The first-order valence-corrected chi connectivity index (χ1v) is 7.22. The van der Waals surface area contributed by atoms with Crippen LogP contribution >= 0.6 is 0 Å². The van der Waals surface area contributed by atoms with Crippen molar-refractivity contribution in [2.45, 2.75) is 33.3 Å². The lowest BCUT2D eigenvalue weighted by Crippen LogP contribution is -2.43. The Kier molecular flexibility index (Phi) is 6.82. The topological polar surface area (TPSA) is 66.8 Å². The van der Waals surface area contributed by atoms with Gasteiger partial charge in [0, 0.05) is 13.1 Å². The maximum Gasteiger partial charge on any atom is 0.305 e. The van der Waals surface area contributed by atoms with Crippen LogP contribution < -0.4 is 4.74 Å². The van der Waals surface area contributed by atoms with Gasteiger partial charge in [0.25, 0.3) is 5.91 Å². The number of carboxylic acids is 1. The molecule has 122 valence electrons. The maximum atomic E-state index is 12.8. The Hall–Kier alpha value is -2.11. The first kappa shape index (κ1) is 17.9. The molecule has 0 spiro atoms. The van der Waals surface area contributed by atoms with Gasteiger partial charge in [0.2, 0.25) is 0 Å². The van der Waals surface area contributed by atoms with Gasteiger partial charge in [-0.15, -0.1) is 0 Å². The summed E-state index contributed by atoms with van der Waals surface area (Å²) in [6.45, 7) is 6.10. The van der Waals surface area contributed by atoms with Crippen LogP contribution in [-0.2, 0) is 9.59 Å². The number of nitrogens with zero attached hydrogens (tertiary/aromatic N) is 1. The number of carboxylic acid groups (broad SMARTS) is 1. The Morgan fingerprint density at radius 3 is 2.32 bits per heavy atom. The van der Waals surface area contributed by atoms with Crippen LogP contribution in [0.25, 0.3) is 0 Å². The molecule has 1 aromatic rings. The van der Waals surface area contributed by atoms with E-state index < -0.39 is 12.1 Å². The average Bonchev–Trinajstić information content (AvgIpc) is 2.44. The van der Waals surface area contributed by atoms with Crippen molar-refractivity contribution in [3.05, 3.63) is 30.1 Å². The molecule has 0 aliphatic heterocycles. The monoisotopic (exact) mass is 311 g/mol. The lowest BCUT2D eigenvalue weighted by Gasteiger charge is -2.27. The van der Waals surface area contributed by atoms with Crippen molar-refractivity contribution in [3.63, 3.8) is 0 Å². The molecule has 0 bridgehead atoms. The van der Waals surface area contributed by atoms with Crippen molar-refractivity contribution < 1.29 is 23.8 Å². The van der Waals surface area contributed by atoms with E-state index in [9.17, 15) is 14.0 Å². The van der Waals surface area contributed by atoms with Crippen molar-refractivity contribution in [2.24, 2.45) is 5.92 Å². The summed E-state index contributed by atoms with van der Waals surface area (Å²) in [6.07, 6.45) is -0.875. The number of ether oxygens (including phenoxy) is 1. The summed E-state index contributed by atoms with van der Waals surface area (Å²) < 4.78 is 18.3. The Balaban J connectivity index is 2.69. The highest BCUT2D eigenvalue weighted by molar-refractivity contribution is 5.81. The zero-order valence-corrected chi connectivity index (χ0v) is 13.1. The standard InChI is InChI=1S/C16H22FNO4/c1-11(2)10-18(9-8-15(19)20)16(21)12(3)22-14-6-4-13(17)5-7-14/h4-7,11-12H,8-10H2,1-3H3,(H,19,20). The molecule has 0 saturated carbocycles. The molecule has 0 radical (unpaired) electrons. The van der Waals surface area contributed by atoms with Crippen LogP contribution in [0, 0.1) is 11.7 Å². The largest absolute Gasteiger partial charge is 0.481 e. The Morgan fingerprint density at radius 2 is 1.82 bits per heavy atom. The van der Waals surface area contributed by atoms with E-state index in [0.717, 1.165) is 0 Å². The minimum Gasteiger partial charge on any atom is -0.481 e. The zero-order chi connectivity index (χ0) is 16.7. The number of carbonyl (C=O) groups is 2. The van der Waals surface area contributed by atoms with Crippen molar-refractivity contribution in [1.29, 1.82) is 0 Å². The number of rotatable bonds is 8.